The van der Waals surface area contributed by atoms with Crippen LogP contribution in [-0.4, -0.2) is 54.6 Å². The summed E-state index contributed by atoms with van der Waals surface area (Å²) in [5.41, 5.74) is 0.750. The smallest absolute Gasteiger partial charge is 0.230 e. The monoisotopic (exact) mass is 391 g/mol. The molecule has 27 heavy (non-hydrogen) atoms. The first-order chi connectivity index (χ1) is 12.8. The highest BCUT2D eigenvalue weighted by Crippen LogP contribution is 2.27. The highest BCUT2D eigenvalue weighted by atomic mass is 32.2. The minimum atomic E-state index is -3.38. The van der Waals surface area contributed by atoms with Crippen molar-refractivity contribution in [2.45, 2.75) is 30.9 Å². The number of Topliss-reactive ketones (excluding diaryl/α,β-unsaturated/α-hetero) is 1. The zero-order valence-corrected chi connectivity index (χ0v) is 15.9. The fraction of sp³-hybridized carbons (Fsp3) is 0.412. The van der Waals surface area contributed by atoms with Crippen LogP contribution in [0.2, 0.25) is 0 Å². The summed E-state index contributed by atoms with van der Waals surface area (Å²) in [6.07, 6.45) is 5.44. The minimum Gasteiger partial charge on any atom is -0.474 e. The van der Waals surface area contributed by atoms with Crippen molar-refractivity contribution in [2.24, 2.45) is 0 Å². The molecule has 9 nitrogen and oxygen atoms in total. The lowest BCUT2D eigenvalue weighted by Gasteiger charge is -2.24. The summed E-state index contributed by atoms with van der Waals surface area (Å²) in [6, 6.07) is 2.95. The molecule has 0 unspecified atom stereocenters. The molecule has 0 aromatic carbocycles. The van der Waals surface area contributed by atoms with Crippen LogP contribution in [0.1, 0.15) is 30.1 Å². The number of aromatic nitrogens is 3. The molecule has 3 rings (SSSR count). The molecule has 10 heteroatoms. The van der Waals surface area contributed by atoms with Crippen molar-refractivity contribution in [1.82, 2.24) is 20.3 Å². The van der Waals surface area contributed by atoms with E-state index in [1.54, 1.807) is 6.07 Å². The van der Waals surface area contributed by atoms with Gasteiger partial charge in [-0.15, -0.1) is 0 Å². The number of nitrogens with one attached hydrogen (secondary N) is 2. The van der Waals surface area contributed by atoms with E-state index in [0.29, 0.717) is 5.69 Å². The molecule has 0 atom stereocenters. The number of piperidine rings is 1. The standard InChI is InChI=1S/C17H21N5O4S/c1-11(23)15-16(22-12-3-4-14(19-9-12)27(2,24)25)20-10-21-17(15)26-13-5-7-18-8-6-13/h3-4,9-10,13,18H,5-8H2,1-2H3,(H,20,21,22). The van der Waals surface area contributed by atoms with Crippen LogP contribution in [-0.2, 0) is 9.84 Å². The zero-order chi connectivity index (χ0) is 19.4. The van der Waals surface area contributed by atoms with E-state index in [1.807, 2.05) is 0 Å². The van der Waals surface area contributed by atoms with Crippen LogP contribution in [0.25, 0.3) is 0 Å². The highest BCUT2D eigenvalue weighted by molar-refractivity contribution is 7.90. The third-order valence-corrected chi connectivity index (χ3v) is 5.11. The average Bonchev–Trinajstić information content (AvgIpc) is 2.62. The van der Waals surface area contributed by atoms with Gasteiger partial charge in [-0.3, -0.25) is 4.79 Å². The van der Waals surface area contributed by atoms with Gasteiger partial charge in [0.25, 0.3) is 0 Å². The average molecular weight is 391 g/mol. The maximum absolute atomic E-state index is 12.2. The zero-order valence-electron chi connectivity index (χ0n) is 15.1. The Hall–Kier alpha value is -2.59. The molecule has 144 valence electrons. The number of ketones is 1. The highest BCUT2D eigenvalue weighted by Gasteiger charge is 2.22. The molecule has 0 radical (unpaired) electrons. The number of carbonyl (C=O) groups excluding carboxylic acids is 1. The van der Waals surface area contributed by atoms with Gasteiger partial charge in [-0.1, -0.05) is 0 Å². The van der Waals surface area contributed by atoms with E-state index in [4.69, 9.17) is 4.74 Å². The number of rotatable bonds is 6. The Balaban J connectivity index is 1.86. The van der Waals surface area contributed by atoms with E-state index >= 15 is 0 Å². The first-order valence-electron chi connectivity index (χ1n) is 8.51. The van der Waals surface area contributed by atoms with Gasteiger partial charge in [0.1, 0.15) is 23.8 Å². The Labute approximate surface area is 157 Å². The quantitative estimate of drug-likeness (QED) is 0.702. The minimum absolute atomic E-state index is 0.0113. The molecule has 1 aliphatic heterocycles. The molecule has 0 spiro atoms. The summed E-state index contributed by atoms with van der Waals surface area (Å²) in [7, 11) is -3.38. The predicted octanol–water partition coefficient (Wildman–Crippen LogP) is 1.35. The van der Waals surface area contributed by atoms with Gasteiger partial charge in [-0.05, 0) is 45.0 Å². The Morgan fingerprint density at radius 2 is 1.96 bits per heavy atom. The van der Waals surface area contributed by atoms with E-state index in [2.05, 4.69) is 25.6 Å². The lowest BCUT2D eigenvalue weighted by atomic mass is 10.1. The van der Waals surface area contributed by atoms with Gasteiger partial charge < -0.3 is 15.4 Å². The molecule has 0 amide bonds. The largest absolute Gasteiger partial charge is 0.474 e. The number of hydrogen-bond acceptors (Lipinski definition) is 9. The fourth-order valence-corrected chi connectivity index (χ4v) is 3.31. The van der Waals surface area contributed by atoms with E-state index in [1.165, 1.54) is 25.5 Å². The molecule has 3 heterocycles. The lowest BCUT2D eigenvalue weighted by Crippen LogP contribution is -2.34. The number of sulfone groups is 1. The van der Waals surface area contributed by atoms with E-state index in [9.17, 15) is 13.2 Å². The molecular weight excluding hydrogens is 370 g/mol. The van der Waals surface area contributed by atoms with Crippen LogP contribution in [0.4, 0.5) is 11.5 Å². The van der Waals surface area contributed by atoms with Gasteiger partial charge in [0.05, 0.1) is 11.9 Å². The van der Waals surface area contributed by atoms with E-state index in [0.717, 1.165) is 32.2 Å². The molecule has 1 aliphatic rings. The lowest BCUT2D eigenvalue weighted by molar-refractivity contribution is 0.1000. The Bertz CT molecular complexity index is 925. The van der Waals surface area contributed by atoms with Crippen LogP contribution in [0, 0.1) is 0 Å². The summed E-state index contributed by atoms with van der Waals surface area (Å²) >= 11 is 0. The maximum atomic E-state index is 12.2. The Morgan fingerprint density at radius 1 is 1.22 bits per heavy atom. The normalized spacial score (nSPS) is 15.3. The third-order valence-electron chi connectivity index (χ3n) is 4.11. The summed E-state index contributed by atoms with van der Waals surface area (Å²) in [5.74, 6) is 0.297. The van der Waals surface area contributed by atoms with Crippen molar-refractivity contribution in [3.63, 3.8) is 0 Å². The number of anilines is 2. The van der Waals surface area contributed by atoms with Gasteiger partial charge in [0.15, 0.2) is 20.6 Å². The first kappa shape index (κ1) is 19.2. The molecule has 1 saturated heterocycles. The van der Waals surface area contributed by atoms with Gasteiger partial charge in [0.2, 0.25) is 5.88 Å². The van der Waals surface area contributed by atoms with Crippen molar-refractivity contribution in [3.05, 3.63) is 30.2 Å². The molecular formula is C17H21N5O4S. The van der Waals surface area contributed by atoms with Gasteiger partial charge in [-0.2, -0.15) is 0 Å². The van der Waals surface area contributed by atoms with E-state index < -0.39 is 9.84 Å². The van der Waals surface area contributed by atoms with Crippen LogP contribution in [0.3, 0.4) is 0 Å². The van der Waals surface area contributed by atoms with Crippen molar-refractivity contribution in [3.8, 4) is 5.88 Å². The summed E-state index contributed by atoms with van der Waals surface area (Å²) in [5, 5.41) is 6.21. The fourth-order valence-electron chi connectivity index (χ4n) is 2.75. The second kappa shape index (κ2) is 7.97. The van der Waals surface area contributed by atoms with Crippen LogP contribution >= 0.6 is 0 Å². The van der Waals surface area contributed by atoms with Crippen LogP contribution < -0.4 is 15.4 Å². The molecule has 2 aromatic rings. The SMILES string of the molecule is CC(=O)c1c(Nc2ccc(S(C)(=O)=O)nc2)ncnc1OC1CCNCC1. The molecule has 2 N–H and O–H groups in total. The molecule has 0 aliphatic carbocycles. The summed E-state index contributed by atoms with van der Waals surface area (Å²) in [4.78, 5) is 24.4. The second-order valence-electron chi connectivity index (χ2n) is 6.31. The van der Waals surface area contributed by atoms with Crippen LogP contribution in [0.15, 0.2) is 29.7 Å². The second-order valence-corrected chi connectivity index (χ2v) is 8.27. The van der Waals surface area contributed by atoms with Gasteiger partial charge in [0, 0.05) is 6.26 Å². The Morgan fingerprint density at radius 3 is 2.56 bits per heavy atom. The number of pyridine rings is 1. The topological polar surface area (TPSA) is 123 Å². The van der Waals surface area contributed by atoms with Crippen molar-refractivity contribution in [2.75, 3.05) is 24.7 Å². The van der Waals surface area contributed by atoms with Crippen molar-refractivity contribution >= 4 is 27.1 Å². The summed E-state index contributed by atoms with van der Waals surface area (Å²) in [6.45, 7) is 3.13. The molecule has 2 aromatic heterocycles. The third kappa shape index (κ3) is 4.77. The summed E-state index contributed by atoms with van der Waals surface area (Å²) < 4.78 is 29.0. The first-order valence-corrected chi connectivity index (χ1v) is 10.4. The molecule has 1 fully saturated rings. The van der Waals surface area contributed by atoms with Gasteiger partial charge in [-0.25, -0.2) is 23.4 Å². The Kier molecular flexibility index (Phi) is 5.66. The predicted molar refractivity (Wildman–Crippen MR) is 99.2 cm³/mol. The number of carbonyl (C=O) groups is 1. The molecule has 0 bridgehead atoms. The maximum Gasteiger partial charge on any atom is 0.230 e. The molecule has 0 saturated carbocycles. The number of nitrogens with zero attached hydrogens (tertiary/aromatic N) is 3. The van der Waals surface area contributed by atoms with Crippen molar-refractivity contribution < 1.29 is 17.9 Å². The van der Waals surface area contributed by atoms with Gasteiger partial charge >= 0.3 is 0 Å². The van der Waals surface area contributed by atoms with Crippen molar-refractivity contribution in [1.29, 1.82) is 0 Å². The van der Waals surface area contributed by atoms with Crippen LogP contribution in [0.5, 0.6) is 5.88 Å². The number of ether oxygens (including phenoxy) is 1. The number of hydrogen-bond donors (Lipinski definition) is 2. The van der Waals surface area contributed by atoms with E-state index in [-0.39, 0.29) is 34.2 Å².